The predicted octanol–water partition coefficient (Wildman–Crippen LogP) is 4.64. The highest BCUT2D eigenvalue weighted by atomic mass is 32.1. The van der Waals surface area contributed by atoms with Gasteiger partial charge >= 0.3 is 5.97 Å². The lowest BCUT2D eigenvalue weighted by atomic mass is 10.0. The van der Waals surface area contributed by atoms with Crippen LogP contribution in [0.5, 0.6) is 0 Å². The molecule has 1 aromatic carbocycles. The highest BCUT2D eigenvalue weighted by Gasteiger charge is 2.22. The molecule has 0 unspecified atom stereocenters. The number of aryl methyl sites for hydroxylation is 2. The molecule has 6 heteroatoms. The summed E-state index contributed by atoms with van der Waals surface area (Å²) >= 11 is 1.44. The highest BCUT2D eigenvalue weighted by molar-refractivity contribution is 7.17. The molecule has 0 fully saturated rings. The molecule has 0 aliphatic carbocycles. The summed E-state index contributed by atoms with van der Waals surface area (Å²) in [5.41, 5.74) is 3.99. The van der Waals surface area contributed by atoms with Crippen LogP contribution in [0.2, 0.25) is 0 Å². The van der Waals surface area contributed by atoms with Gasteiger partial charge < -0.3 is 4.74 Å². The minimum atomic E-state index is -0.726. The molecule has 3 aromatic rings. The first kappa shape index (κ1) is 19.3. The number of nitrogens with zero attached hydrogens (tertiary/aromatic N) is 2. The molecule has 27 heavy (non-hydrogen) atoms. The molecule has 142 valence electrons. The largest absolute Gasteiger partial charge is 0.461 e. The molecule has 0 saturated heterocycles. The Morgan fingerprint density at radius 2 is 2.00 bits per heavy atom. The molecule has 0 bridgehead atoms. The number of carbonyl (C=O) groups is 1. The van der Waals surface area contributed by atoms with Gasteiger partial charge in [0.05, 0.1) is 17.8 Å². The van der Waals surface area contributed by atoms with Gasteiger partial charge in [0.2, 0.25) is 0 Å². The second-order valence-corrected chi connectivity index (χ2v) is 7.78. The van der Waals surface area contributed by atoms with Gasteiger partial charge in [-0.25, -0.2) is 9.78 Å². The maximum atomic E-state index is 13.2. The van der Waals surface area contributed by atoms with Crippen molar-refractivity contribution in [3.63, 3.8) is 0 Å². The lowest BCUT2D eigenvalue weighted by molar-refractivity contribution is -0.152. The Labute approximate surface area is 162 Å². The van der Waals surface area contributed by atoms with Crippen molar-refractivity contribution in [2.45, 2.75) is 53.2 Å². The number of fused-ring (bicyclic) bond motifs is 1. The van der Waals surface area contributed by atoms with Crippen molar-refractivity contribution in [2.75, 3.05) is 0 Å². The lowest BCUT2D eigenvalue weighted by Gasteiger charge is -2.17. The van der Waals surface area contributed by atoms with E-state index >= 15 is 0 Å². The van der Waals surface area contributed by atoms with Gasteiger partial charge in [0.1, 0.15) is 10.9 Å². The van der Waals surface area contributed by atoms with Crippen LogP contribution in [-0.2, 0) is 9.53 Å². The fraction of sp³-hybridized carbons (Fsp3) is 0.381. The Morgan fingerprint density at radius 1 is 1.26 bits per heavy atom. The zero-order chi connectivity index (χ0) is 19.7. The van der Waals surface area contributed by atoms with Crippen molar-refractivity contribution < 1.29 is 9.53 Å². The number of carbonyl (C=O) groups excluding carboxylic acids is 1. The summed E-state index contributed by atoms with van der Waals surface area (Å²) < 4.78 is 6.75. The van der Waals surface area contributed by atoms with Crippen LogP contribution in [0, 0.1) is 13.8 Å². The second kappa shape index (κ2) is 7.64. The van der Waals surface area contributed by atoms with Crippen molar-refractivity contribution in [1.29, 1.82) is 0 Å². The van der Waals surface area contributed by atoms with Crippen LogP contribution in [0.4, 0.5) is 0 Å². The van der Waals surface area contributed by atoms with Gasteiger partial charge in [-0.2, -0.15) is 0 Å². The second-order valence-electron chi connectivity index (χ2n) is 6.92. The van der Waals surface area contributed by atoms with E-state index in [1.165, 1.54) is 33.4 Å². The molecular formula is C21H24N2O3S. The maximum absolute atomic E-state index is 13.2. The quantitative estimate of drug-likeness (QED) is 0.601. The van der Waals surface area contributed by atoms with E-state index in [-0.39, 0.29) is 11.7 Å². The molecule has 3 rings (SSSR count). The summed E-state index contributed by atoms with van der Waals surface area (Å²) in [6.07, 6.45) is 1.99. The van der Waals surface area contributed by atoms with Crippen molar-refractivity contribution in [3.05, 3.63) is 51.4 Å². The molecule has 2 atom stereocenters. The third kappa shape index (κ3) is 3.67. The summed E-state index contributed by atoms with van der Waals surface area (Å²) in [5, 5.41) is 2.50. The molecule has 5 nitrogen and oxygen atoms in total. The third-order valence-electron chi connectivity index (χ3n) is 4.99. The van der Waals surface area contributed by atoms with Gasteiger partial charge in [-0.05, 0) is 50.8 Å². The van der Waals surface area contributed by atoms with E-state index in [4.69, 9.17) is 4.74 Å². The first-order valence-electron chi connectivity index (χ1n) is 9.10. The van der Waals surface area contributed by atoms with Gasteiger partial charge in [0.25, 0.3) is 5.56 Å². The molecule has 0 N–H and O–H groups in total. The number of esters is 1. The number of ether oxygens (including phenoxy) is 1. The SMILES string of the molecule is CC[C@@H](C)OC(=O)[C@H](C)n1cnc2scc(-c3ccc(C)c(C)c3)c2c1=O. The molecular weight excluding hydrogens is 360 g/mol. The fourth-order valence-electron chi connectivity index (χ4n) is 2.84. The Kier molecular flexibility index (Phi) is 5.46. The van der Waals surface area contributed by atoms with Gasteiger partial charge in [0, 0.05) is 10.9 Å². The van der Waals surface area contributed by atoms with Crippen molar-refractivity contribution in [1.82, 2.24) is 9.55 Å². The minimum Gasteiger partial charge on any atom is -0.461 e. The van der Waals surface area contributed by atoms with E-state index in [2.05, 4.69) is 31.0 Å². The normalized spacial score (nSPS) is 13.5. The van der Waals surface area contributed by atoms with E-state index in [0.29, 0.717) is 10.2 Å². The number of aromatic nitrogens is 2. The first-order valence-corrected chi connectivity index (χ1v) is 9.97. The molecule has 0 radical (unpaired) electrons. The molecule has 0 aliphatic rings. The first-order chi connectivity index (χ1) is 12.8. The van der Waals surface area contributed by atoms with Gasteiger partial charge in [-0.1, -0.05) is 25.1 Å². The Bertz CT molecular complexity index is 1050. The van der Waals surface area contributed by atoms with Crippen LogP contribution in [0.1, 0.15) is 44.4 Å². The van der Waals surface area contributed by atoms with Gasteiger partial charge in [-0.15, -0.1) is 11.3 Å². The molecule has 0 saturated carbocycles. The van der Waals surface area contributed by atoms with Crippen LogP contribution < -0.4 is 5.56 Å². The number of benzene rings is 1. The van der Waals surface area contributed by atoms with E-state index in [9.17, 15) is 9.59 Å². The Morgan fingerprint density at radius 3 is 2.67 bits per heavy atom. The van der Waals surface area contributed by atoms with Gasteiger partial charge in [0.15, 0.2) is 0 Å². The number of thiophene rings is 1. The topological polar surface area (TPSA) is 61.2 Å². The van der Waals surface area contributed by atoms with Gasteiger partial charge in [-0.3, -0.25) is 9.36 Å². The van der Waals surface area contributed by atoms with Crippen LogP contribution in [0.15, 0.2) is 34.7 Å². The fourth-order valence-corrected chi connectivity index (χ4v) is 3.74. The summed E-state index contributed by atoms with van der Waals surface area (Å²) in [5.74, 6) is -0.421. The average Bonchev–Trinajstić information content (AvgIpc) is 3.08. The minimum absolute atomic E-state index is 0.181. The zero-order valence-corrected chi connectivity index (χ0v) is 17.1. The van der Waals surface area contributed by atoms with E-state index in [1.807, 2.05) is 25.3 Å². The molecule has 2 aromatic heterocycles. The Balaban J connectivity index is 2.08. The molecule has 0 amide bonds. The maximum Gasteiger partial charge on any atom is 0.329 e. The van der Waals surface area contributed by atoms with Crippen LogP contribution in [0.3, 0.4) is 0 Å². The standard InChI is InChI=1S/C21H24N2O3S/c1-6-14(4)26-21(25)15(5)23-11-22-19-18(20(23)24)17(10-27-19)16-8-7-12(2)13(3)9-16/h7-11,14-15H,6H2,1-5H3/t14-,15+/m1/s1. The summed E-state index contributed by atoms with van der Waals surface area (Å²) in [4.78, 5) is 30.6. The predicted molar refractivity (Wildman–Crippen MR) is 109 cm³/mol. The highest BCUT2D eigenvalue weighted by Crippen LogP contribution is 2.32. The smallest absolute Gasteiger partial charge is 0.329 e. The number of rotatable bonds is 5. The number of hydrogen-bond acceptors (Lipinski definition) is 5. The molecule has 0 spiro atoms. The average molecular weight is 385 g/mol. The van der Waals surface area contributed by atoms with Crippen LogP contribution in [0.25, 0.3) is 21.3 Å². The molecule has 0 aliphatic heterocycles. The zero-order valence-electron chi connectivity index (χ0n) is 16.3. The summed E-state index contributed by atoms with van der Waals surface area (Å²) in [6, 6.07) is 5.42. The van der Waals surface area contributed by atoms with Crippen molar-refractivity contribution in [2.24, 2.45) is 0 Å². The van der Waals surface area contributed by atoms with E-state index < -0.39 is 12.0 Å². The third-order valence-corrected chi connectivity index (χ3v) is 5.87. The van der Waals surface area contributed by atoms with E-state index in [1.54, 1.807) is 6.92 Å². The summed E-state index contributed by atoms with van der Waals surface area (Å²) in [7, 11) is 0. The Hall–Kier alpha value is -2.47. The lowest BCUT2D eigenvalue weighted by Crippen LogP contribution is -2.31. The van der Waals surface area contributed by atoms with Crippen LogP contribution >= 0.6 is 11.3 Å². The number of hydrogen-bond donors (Lipinski definition) is 0. The van der Waals surface area contributed by atoms with Crippen molar-refractivity contribution in [3.8, 4) is 11.1 Å². The van der Waals surface area contributed by atoms with E-state index in [0.717, 1.165) is 17.5 Å². The summed E-state index contributed by atoms with van der Waals surface area (Å²) in [6.45, 7) is 9.57. The monoisotopic (exact) mass is 384 g/mol. The van der Waals surface area contributed by atoms with Crippen molar-refractivity contribution >= 4 is 27.5 Å². The van der Waals surface area contributed by atoms with Crippen LogP contribution in [-0.4, -0.2) is 21.6 Å². The molecule has 2 heterocycles.